The van der Waals surface area contributed by atoms with E-state index in [1.807, 2.05) is 42.5 Å². The normalized spacial score (nSPS) is 17.2. The molecule has 1 unspecified atom stereocenters. The highest BCUT2D eigenvalue weighted by molar-refractivity contribution is 5.85. The molecular weight excluding hydrogens is 264 g/mol. The summed E-state index contributed by atoms with van der Waals surface area (Å²) in [5.41, 5.74) is 3.31. The highest BCUT2D eigenvalue weighted by Gasteiger charge is 2.28. The number of methoxy groups -OCH3 is 2. The Labute approximate surface area is 124 Å². The lowest BCUT2D eigenvalue weighted by Gasteiger charge is -2.26. The van der Waals surface area contributed by atoms with E-state index in [2.05, 4.69) is 0 Å². The average molecular weight is 282 g/mol. The number of hydrogen-bond acceptors (Lipinski definition) is 3. The van der Waals surface area contributed by atoms with E-state index in [9.17, 15) is 4.79 Å². The second kappa shape index (κ2) is 5.60. The Balaban J connectivity index is 2.13. The number of ether oxygens (including phenoxy) is 2. The van der Waals surface area contributed by atoms with Crippen LogP contribution in [0.4, 0.5) is 0 Å². The molecule has 0 aliphatic heterocycles. The Bertz CT molecular complexity index is 676. The molecule has 0 saturated heterocycles. The minimum absolute atomic E-state index is 0.0347. The van der Waals surface area contributed by atoms with Gasteiger partial charge in [0.05, 0.1) is 14.2 Å². The summed E-state index contributed by atoms with van der Waals surface area (Å²) in [6.07, 6.45) is 1.02. The fourth-order valence-corrected chi connectivity index (χ4v) is 3.04. The molecule has 0 saturated carbocycles. The first kappa shape index (κ1) is 13.7. The van der Waals surface area contributed by atoms with E-state index in [1.165, 1.54) is 5.56 Å². The van der Waals surface area contributed by atoms with E-state index in [1.54, 1.807) is 14.2 Å². The summed E-state index contributed by atoms with van der Waals surface area (Å²) in [6, 6.07) is 13.8. The highest BCUT2D eigenvalue weighted by Crippen LogP contribution is 2.40. The van der Waals surface area contributed by atoms with Crippen molar-refractivity contribution in [1.82, 2.24) is 0 Å². The molecule has 1 atom stereocenters. The molecule has 0 radical (unpaired) electrons. The highest BCUT2D eigenvalue weighted by atomic mass is 16.5. The first-order valence-corrected chi connectivity index (χ1v) is 7.04. The quantitative estimate of drug-likeness (QED) is 0.866. The van der Waals surface area contributed by atoms with Crippen molar-refractivity contribution in [2.24, 2.45) is 0 Å². The van der Waals surface area contributed by atoms with Crippen LogP contribution in [0, 0.1) is 0 Å². The number of fused-ring (bicyclic) bond motifs is 1. The summed E-state index contributed by atoms with van der Waals surface area (Å²) in [5, 5.41) is 0. The van der Waals surface area contributed by atoms with Crippen molar-refractivity contribution in [3.8, 4) is 11.5 Å². The lowest BCUT2D eigenvalue weighted by molar-refractivity contribution is -0.119. The van der Waals surface area contributed by atoms with Crippen molar-refractivity contribution in [3.63, 3.8) is 0 Å². The van der Waals surface area contributed by atoms with Crippen LogP contribution in [0.5, 0.6) is 11.5 Å². The number of carbonyl (C=O) groups is 1. The third-order valence-corrected chi connectivity index (χ3v) is 4.06. The minimum atomic E-state index is 0.0347. The summed E-state index contributed by atoms with van der Waals surface area (Å²) in [4.78, 5) is 12.1. The van der Waals surface area contributed by atoms with Gasteiger partial charge in [0, 0.05) is 24.3 Å². The number of rotatable bonds is 3. The molecule has 0 bridgehead atoms. The number of para-hydroxylation sites is 1. The SMILES string of the molecule is COc1ccc2c(c1)C(c1ccccc1OC)CC(=O)C2. The fraction of sp³-hybridized carbons (Fsp3) is 0.278. The summed E-state index contributed by atoms with van der Waals surface area (Å²) >= 11 is 0. The topological polar surface area (TPSA) is 35.5 Å². The van der Waals surface area contributed by atoms with Gasteiger partial charge in [-0.25, -0.2) is 0 Å². The Morgan fingerprint density at radius 3 is 2.57 bits per heavy atom. The molecule has 2 aromatic carbocycles. The van der Waals surface area contributed by atoms with Gasteiger partial charge in [-0.15, -0.1) is 0 Å². The van der Waals surface area contributed by atoms with Gasteiger partial charge in [-0.2, -0.15) is 0 Å². The third-order valence-electron chi connectivity index (χ3n) is 4.06. The van der Waals surface area contributed by atoms with Crippen LogP contribution in [0.15, 0.2) is 42.5 Å². The van der Waals surface area contributed by atoms with Crippen LogP contribution in [0.1, 0.15) is 29.0 Å². The van der Waals surface area contributed by atoms with Crippen LogP contribution in [0.3, 0.4) is 0 Å². The van der Waals surface area contributed by atoms with Gasteiger partial charge in [-0.05, 0) is 29.3 Å². The van der Waals surface area contributed by atoms with Crippen molar-refractivity contribution in [2.45, 2.75) is 18.8 Å². The smallest absolute Gasteiger partial charge is 0.138 e. The maximum Gasteiger partial charge on any atom is 0.138 e. The van der Waals surface area contributed by atoms with Crippen LogP contribution in [0.2, 0.25) is 0 Å². The molecule has 0 amide bonds. The lowest BCUT2D eigenvalue weighted by Crippen LogP contribution is -2.19. The van der Waals surface area contributed by atoms with E-state index < -0.39 is 0 Å². The Hall–Kier alpha value is -2.29. The van der Waals surface area contributed by atoms with Gasteiger partial charge in [-0.1, -0.05) is 24.3 Å². The predicted octanol–water partition coefficient (Wildman–Crippen LogP) is 3.35. The fourth-order valence-electron chi connectivity index (χ4n) is 3.04. The summed E-state index contributed by atoms with van der Waals surface area (Å²) in [6.45, 7) is 0. The third kappa shape index (κ3) is 2.51. The van der Waals surface area contributed by atoms with E-state index in [0.717, 1.165) is 22.6 Å². The van der Waals surface area contributed by atoms with E-state index in [4.69, 9.17) is 9.47 Å². The largest absolute Gasteiger partial charge is 0.497 e. The molecule has 0 N–H and O–H groups in total. The van der Waals surface area contributed by atoms with Gasteiger partial charge in [0.1, 0.15) is 17.3 Å². The van der Waals surface area contributed by atoms with Crippen LogP contribution in [0.25, 0.3) is 0 Å². The Kier molecular flexibility index (Phi) is 3.65. The van der Waals surface area contributed by atoms with Gasteiger partial charge >= 0.3 is 0 Å². The molecule has 0 fully saturated rings. The van der Waals surface area contributed by atoms with Crippen LogP contribution < -0.4 is 9.47 Å². The van der Waals surface area contributed by atoms with Crippen molar-refractivity contribution < 1.29 is 14.3 Å². The molecule has 3 heteroatoms. The molecule has 0 spiro atoms. The average Bonchev–Trinajstić information content (AvgIpc) is 2.53. The van der Waals surface area contributed by atoms with Crippen molar-refractivity contribution in [2.75, 3.05) is 14.2 Å². The predicted molar refractivity (Wildman–Crippen MR) is 81.2 cm³/mol. The first-order valence-electron chi connectivity index (χ1n) is 7.04. The molecule has 1 aliphatic rings. The molecule has 3 nitrogen and oxygen atoms in total. The molecule has 0 aromatic heterocycles. The molecule has 1 aliphatic carbocycles. The van der Waals surface area contributed by atoms with Crippen LogP contribution >= 0.6 is 0 Å². The van der Waals surface area contributed by atoms with Crippen molar-refractivity contribution >= 4 is 5.78 Å². The number of Topliss-reactive ketones (excluding diaryl/α,β-unsaturated/α-hetero) is 1. The lowest BCUT2D eigenvalue weighted by atomic mass is 9.78. The zero-order valence-corrected chi connectivity index (χ0v) is 12.3. The number of hydrogen-bond donors (Lipinski definition) is 0. The zero-order chi connectivity index (χ0) is 14.8. The van der Waals surface area contributed by atoms with Crippen LogP contribution in [-0.2, 0) is 11.2 Å². The standard InChI is InChI=1S/C18H18O3/c1-20-14-8-7-12-9-13(19)10-17(16(12)11-14)15-5-3-4-6-18(15)21-2/h3-8,11,17H,9-10H2,1-2H3. The molecular formula is C18H18O3. The first-order chi connectivity index (χ1) is 10.2. The summed E-state index contributed by atoms with van der Waals surface area (Å²) in [7, 11) is 3.32. The molecule has 3 rings (SSSR count). The van der Waals surface area contributed by atoms with E-state index >= 15 is 0 Å². The second-order valence-electron chi connectivity index (χ2n) is 5.28. The number of carbonyl (C=O) groups excluding carboxylic acids is 1. The molecule has 21 heavy (non-hydrogen) atoms. The van der Waals surface area contributed by atoms with E-state index in [0.29, 0.717) is 12.8 Å². The van der Waals surface area contributed by atoms with Crippen LogP contribution in [-0.4, -0.2) is 20.0 Å². The number of ketones is 1. The monoisotopic (exact) mass is 282 g/mol. The van der Waals surface area contributed by atoms with Gasteiger partial charge in [-0.3, -0.25) is 4.79 Å². The number of benzene rings is 2. The second-order valence-corrected chi connectivity index (χ2v) is 5.28. The van der Waals surface area contributed by atoms with Gasteiger partial charge < -0.3 is 9.47 Å². The Morgan fingerprint density at radius 2 is 1.81 bits per heavy atom. The molecule has 2 aromatic rings. The van der Waals surface area contributed by atoms with Crippen molar-refractivity contribution in [1.29, 1.82) is 0 Å². The van der Waals surface area contributed by atoms with Gasteiger partial charge in [0.2, 0.25) is 0 Å². The molecule has 108 valence electrons. The van der Waals surface area contributed by atoms with E-state index in [-0.39, 0.29) is 11.7 Å². The maximum atomic E-state index is 12.1. The van der Waals surface area contributed by atoms with Gasteiger partial charge in [0.15, 0.2) is 0 Å². The summed E-state index contributed by atoms with van der Waals surface area (Å²) in [5.74, 6) is 1.95. The zero-order valence-electron chi connectivity index (χ0n) is 12.3. The maximum absolute atomic E-state index is 12.1. The Morgan fingerprint density at radius 1 is 1.00 bits per heavy atom. The van der Waals surface area contributed by atoms with Gasteiger partial charge in [0.25, 0.3) is 0 Å². The minimum Gasteiger partial charge on any atom is -0.497 e. The molecule has 0 heterocycles. The van der Waals surface area contributed by atoms with Crippen molar-refractivity contribution in [3.05, 3.63) is 59.2 Å². The summed E-state index contributed by atoms with van der Waals surface area (Å²) < 4.78 is 10.8.